The number of hydrogen-bond acceptors (Lipinski definition) is 2. The van der Waals surface area contributed by atoms with E-state index in [1.54, 1.807) is 18.2 Å². The molecule has 0 aliphatic carbocycles. The lowest BCUT2D eigenvalue weighted by molar-refractivity contribution is 0.0936. The van der Waals surface area contributed by atoms with Crippen LogP contribution in [0.4, 0.5) is 0 Å². The van der Waals surface area contributed by atoms with E-state index >= 15 is 0 Å². The fourth-order valence-electron chi connectivity index (χ4n) is 2.92. The number of imidazole rings is 1. The van der Waals surface area contributed by atoms with Gasteiger partial charge in [-0.15, -0.1) is 0 Å². The molecule has 0 aliphatic rings. The Hall–Kier alpha value is -1.85. The van der Waals surface area contributed by atoms with E-state index in [0.717, 1.165) is 16.9 Å². The summed E-state index contributed by atoms with van der Waals surface area (Å²) in [6, 6.07) is 13.2. The molecule has 130 valence electrons. The van der Waals surface area contributed by atoms with Gasteiger partial charge in [0.1, 0.15) is 5.82 Å². The van der Waals surface area contributed by atoms with Gasteiger partial charge in [-0.05, 0) is 67.0 Å². The average molecular weight is 421 g/mol. The predicted octanol–water partition coefficient (Wildman–Crippen LogP) is 5.52. The molecule has 0 radical (unpaired) electrons. The number of hydrogen-bond donors (Lipinski definition) is 1. The van der Waals surface area contributed by atoms with E-state index in [4.69, 9.17) is 16.6 Å². The summed E-state index contributed by atoms with van der Waals surface area (Å²) in [6.07, 6.45) is 0. The molecule has 25 heavy (non-hydrogen) atoms. The fourth-order valence-corrected chi connectivity index (χ4v) is 3.52. The summed E-state index contributed by atoms with van der Waals surface area (Å²) >= 11 is 9.42. The van der Waals surface area contributed by atoms with Gasteiger partial charge in [0.15, 0.2) is 0 Å². The molecule has 0 fully saturated rings. The topological polar surface area (TPSA) is 46.9 Å². The molecule has 3 aromatic rings. The van der Waals surface area contributed by atoms with Crippen molar-refractivity contribution in [1.29, 1.82) is 0 Å². The lowest BCUT2D eigenvalue weighted by Crippen LogP contribution is -2.29. The van der Waals surface area contributed by atoms with E-state index in [1.807, 2.05) is 31.2 Å². The van der Waals surface area contributed by atoms with Crippen molar-refractivity contribution in [2.75, 3.05) is 0 Å². The molecule has 2 aromatic carbocycles. The van der Waals surface area contributed by atoms with Crippen LogP contribution in [0.3, 0.4) is 0 Å². The number of aromatic nitrogens is 2. The van der Waals surface area contributed by atoms with Gasteiger partial charge in [0.25, 0.3) is 5.91 Å². The summed E-state index contributed by atoms with van der Waals surface area (Å²) < 4.78 is 2.87. The molecule has 4 nitrogen and oxygen atoms in total. The first-order valence-electron chi connectivity index (χ1n) is 8.11. The van der Waals surface area contributed by atoms with Gasteiger partial charge >= 0.3 is 0 Å². The number of carbonyl (C=O) groups excluding carboxylic acids is 1. The summed E-state index contributed by atoms with van der Waals surface area (Å²) in [5.74, 6) is 0.645. The molecule has 0 aliphatic heterocycles. The Kier molecular flexibility index (Phi) is 5.16. The van der Waals surface area contributed by atoms with Gasteiger partial charge in [-0.25, -0.2) is 4.98 Å². The Bertz CT molecular complexity index is 936. The predicted molar refractivity (Wildman–Crippen MR) is 105 cm³/mol. The van der Waals surface area contributed by atoms with Gasteiger partial charge in [0.05, 0.1) is 22.6 Å². The van der Waals surface area contributed by atoms with E-state index in [1.165, 1.54) is 0 Å². The molecule has 0 saturated heterocycles. The van der Waals surface area contributed by atoms with Crippen molar-refractivity contribution >= 4 is 44.5 Å². The van der Waals surface area contributed by atoms with Crippen molar-refractivity contribution in [2.45, 2.75) is 32.9 Å². The Morgan fingerprint density at radius 3 is 2.64 bits per heavy atom. The molecule has 3 rings (SSSR count). The molecule has 1 N–H and O–H groups in total. The van der Waals surface area contributed by atoms with Crippen molar-refractivity contribution in [3.8, 4) is 0 Å². The third kappa shape index (κ3) is 3.58. The number of benzene rings is 2. The van der Waals surface area contributed by atoms with E-state index in [0.29, 0.717) is 15.1 Å². The SMILES string of the molecule is CC(C)n1c([C@H](C)NC(=O)c2cc(Cl)ccc2Br)nc2ccccc21. The Morgan fingerprint density at radius 1 is 1.20 bits per heavy atom. The van der Waals surface area contributed by atoms with Crippen molar-refractivity contribution in [1.82, 2.24) is 14.9 Å². The van der Waals surface area contributed by atoms with Crippen LogP contribution in [0.25, 0.3) is 11.0 Å². The number of halogens is 2. The number of nitrogens with zero attached hydrogens (tertiary/aromatic N) is 2. The monoisotopic (exact) mass is 419 g/mol. The smallest absolute Gasteiger partial charge is 0.253 e. The standard InChI is InChI=1S/C19H19BrClN3O/c1-11(2)24-17-7-5-4-6-16(17)23-18(24)12(3)22-19(25)14-10-13(21)8-9-15(14)20/h4-12H,1-3H3,(H,22,25)/t12-/m0/s1. The number of amides is 1. The van der Waals surface area contributed by atoms with Crippen LogP contribution in [-0.2, 0) is 0 Å². The van der Waals surface area contributed by atoms with Gasteiger partial charge in [-0.1, -0.05) is 23.7 Å². The van der Waals surface area contributed by atoms with Crippen LogP contribution < -0.4 is 5.32 Å². The Labute approximate surface area is 160 Å². The second-order valence-electron chi connectivity index (χ2n) is 6.24. The molecule has 0 saturated carbocycles. The third-order valence-electron chi connectivity index (χ3n) is 4.05. The number of para-hydroxylation sites is 2. The van der Waals surface area contributed by atoms with E-state index in [-0.39, 0.29) is 18.0 Å². The first-order chi connectivity index (χ1) is 11.9. The van der Waals surface area contributed by atoms with Gasteiger partial charge in [-0.2, -0.15) is 0 Å². The van der Waals surface area contributed by atoms with Crippen LogP contribution >= 0.6 is 27.5 Å². The summed E-state index contributed by atoms with van der Waals surface area (Å²) in [6.45, 7) is 6.16. The van der Waals surface area contributed by atoms with Crippen LogP contribution in [0.15, 0.2) is 46.9 Å². The zero-order valence-electron chi connectivity index (χ0n) is 14.3. The lowest BCUT2D eigenvalue weighted by atomic mass is 10.2. The Morgan fingerprint density at radius 2 is 1.92 bits per heavy atom. The van der Waals surface area contributed by atoms with E-state index in [2.05, 4.69) is 39.7 Å². The highest BCUT2D eigenvalue weighted by atomic mass is 79.9. The number of carbonyl (C=O) groups is 1. The largest absolute Gasteiger partial charge is 0.342 e. The quantitative estimate of drug-likeness (QED) is 0.603. The van der Waals surface area contributed by atoms with Crippen molar-refractivity contribution < 1.29 is 4.79 Å². The molecule has 0 spiro atoms. The van der Waals surface area contributed by atoms with Crippen LogP contribution in [0, 0.1) is 0 Å². The van der Waals surface area contributed by atoms with Crippen LogP contribution in [0.1, 0.15) is 49.0 Å². The van der Waals surface area contributed by atoms with Crippen molar-refractivity contribution in [3.63, 3.8) is 0 Å². The summed E-state index contributed by atoms with van der Waals surface area (Å²) in [4.78, 5) is 17.4. The van der Waals surface area contributed by atoms with Gasteiger partial charge < -0.3 is 9.88 Å². The van der Waals surface area contributed by atoms with Crippen molar-refractivity contribution in [3.05, 3.63) is 63.3 Å². The van der Waals surface area contributed by atoms with Gasteiger partial charge in [-0.3, -0.25) is 4.79 Å². The third-order valence-corrected chi connectivity index (χ3v) is 4.97. The lowest BCUT2D eigenvalue weighted by Gasteiger charge is -2.19. The number of rotatable bonds is 4. The van der Waals surface area contributed by atoms with E-state index in [9.17, 15) is 4.79 Å². The average Bonchev–Trinajstić information content (AvgIpc) is 2.96. The minimum Gasteiger partial charge on any atom is -0.342 e. The highest BCUT2D eigenvalue weighted by Gasteiger charge is 2.21. The minimum atomic E-state index is -0.242. The van der Waals surface area contributed by atoms with E-state index < -0.39 is 0 Å². The molecular weight excluding hydrogens is 402 g/mol. The minimum absolute atomic E-state index is 0.191. The van der Waals surface area contributed by atoms with Crippen molar-refractivity contribution in [2.24, 2.45) is 0 Å². The molecular formula is C19H19BrClN3O. The highest BCUT2D eigenvalue weighted by molar-refractivity contribution is 9.10. The molecule has 0 bridgehead atoms. The van der Waals surface area contributed by atoms with Crippen LogP contribution in [0.5, 0.6) is 0 Å². The molecule has 0 unspecified atom stereocenters. The normalized spacial score (nSPS) is 12.6. The first kappa shape index (κ1) is 18.0. The number of nitrogens with one attached hydrogen (secondary N) is 1. The first-order valence-corrected chi connectivity index (χ1v) is 9.28. The second-order valence-corrected chi connectivity index (χ2v) is 7.53. The maximum atomic E-state index is 12.7. The molecule has 1 aromatic heterocycles. The molecule has 1 amide bonds. The fraction of sp³-hybridized carbons (Fsp3) is 0.263. The zero-order valence-corrected chi connectivity index (χ0v) is 16.6. The summed E-state index contributed by atoms with van der Waals surface area (Å²) in [5, 5.41) is 3.55. The maximum absolute atomic E-state index is 12.7. The van der Waals surface area contributed by atoms with Gasteiger partial charge in [0, 0.05) is 15.5 Å². The molecule has 1 heterocycles. The maximum Gasteiger partial charge on any atom is 0.253 e. The molecule has 1 atom stereocenters. The van der Waals surface area contributed by atoms with Crippen LogP contribution in [-0.4, -0.2) is 15.5 Å². The highest BCUT2D eigenvalue weighted by Crippen LogP contribution is 2.26. The van der Waals surface area contributed by atoms with Gasteiger partial charge in [0.2, 0.25) is 0 Å². The summed E-state index contributed by atoms with van der Waals surface area (Å²) in [7, 11) is 0. The Balaban J connectivity index is 1.94. The van der Waals surface area contributed by atoms with Crippen LogP contribution in [0.2, 0.25) is 5.02 Å². The number of fused-ring (bicyclic) bond motifs is 1. The second kappa shape index (κ2) is 7.18. The molecule has 6 heteroatoms. The zero-order chi connectivity index (χ0) is 18.1. The summed E-state index contributed by atoms with van der Waals surface area (Å²) in [5.41, 5.74) is 2.50.